The van der Waals surface area contributed by atoms with Crippen molar-refractivity contribution in [1.29, 1.82) is 0 Å². The number of hydrogen-bond acceptors (Lipinski definition) is 2. The fourth-order valence-electron chi connectivity index (χ4n) is 2.04. The van der Waals surface area contributed by atoms with E-state index in [2.05, 4.69) is 43.1 Å². The SMILES string of the molecule is Cc1ccccc1CN(C)CCCCCCN. The summed E-state index contributed by atoms with van der Waals surface area (Å²) in [5, 5.41) is 0. The quantitative estimate of drug-likeness (QED) is 0.701. The third kappa shape index (κ3) is 5.85. The first-order valence-electron chi connectivity index (χ1n) is 6.67. The Labute approximate surface area is 106 Å². The van der Waals surface area contributed by atoms with Crippen LogP contribution >= 0.6 is 0 Å². The molecule has 0 unspecified atom stereocenters. The fourth-order valence-corrected chi connectivity index (χ4v) is 2.04. The van der Waals surface area contributed by atoms with Gasteiger partial charge in [0.05, 0.1) is 0 Å². The van der Waals surface area contributed by atoms with Gasteiger partial charge in [0, 0.05) is 6.54 Å². The van der Waals surface area contributed by atoms with Crippen LogP contribution in [-0.2, 0) is 6.54 Å². The first-order valence-corrected chi connectivity index (χ1v) is 6.67. The molecule has 0 saturated carbocycles. The lowest BCUT2D eigenvalue weighted by Gasteiger charge is -2.17. The Balaban J connectivity index is 2.21. The van der Waals surface area contributed by atoms with Gasteiger partial charge < -0.3 is 10.6 Å². The van der Waals surface area contributed by atoms with Gasteiger partial charge in [-0.25, -0.2) is 0 Å². The number of aryl methyl sites for hydroxylation is 1. The molecule has 2 N–H and O–H groups in total. The molecule has 0 aromatic heterocycles. The van der Waals surface area contributed by atoms with Crippen molar-refractivity contribution in [1.82, 2.24) is 4.90 Å². The van der Waals surface area contributed by atoms with E-state index in [-0.39, 0.29) is 0 Å². The van der Waals surface area contributed by atoms with Crippen molar-refractivity contribution in [2.75, 3.05) is 20.1 Å². The number of nitrogens with zero attached hydrogens (tertiary/aromatic N) is 1. The van der Waals surface area contributed by atoms with Crippen molar-refractivity contribution in [3.63, 3.8) is 0 Å². The second kappa shape index (κ2) is 8.26. The molecule has 0 aliphatic rings. The van der Waals surface area contributed by atoms with Gasteiger partial charge in [-0.15, -0.1) is 0 Å². The summed E-state index contributed by atoms with van der Waals surface area (Å²) in [6, 6.07) is 8.63. The van der Waals surface area contributed by atoms with Crippen molar-refractivity contribution < 1.29 is 0 Å². The lowest BCUT2D eigenvalue weighted by Crippen LogP contribution is -2.19. The molecule has 1 aromatic carbocycles. The zero-order chi connectivity index (χ0) is 12.5. The molecule has 17 heavy (non-hydrogen) atoms. The van der Waals surface area contributed by atoms with Crippen molar-refractivity contribution in [3.8, 4) is 0 Å². The van der Waals surface area contributed by atoms with Gasteiger partial charge in [-0.1, -0.05) is 37.1 Å². The summed E-state index contributed by atoms with van der Waals surface area (Å²) in [6.07, 6.45) is 5.02. The van der Waals surface area contributed by atoms with E-state index in [4.69, 9.17) is 5.73 Å². The maximum absolute atomic E-state index is 5.48. The van der Waals surface area contributed by atoms with Crippen LogP contribution in [0.15, 0.2) is 24.3 Å². The number of nitrogens with two attached hydrogens (primary N) is 1. The van der Waals surface area contributed by atoms with Gasteiger partial charge in [0.2, 0.25) is 0 Å². The zero-order valence-electron chi connectivity index (χ0n) is 11.3. The summed E-state index contributed by atoms with van der Waals surface area (Å²) in [4.78, 5) is 2.41. The van der Waals surface area contributed by atoms with Gasteiger partial charge in [-0.2, -0.15) is 0 Å². The summed E-state index contributed by atoms with van der Waals surface area (Å²) >= 11 is 0. The molecule has 0 heterocycles. The Kier molecular flexibility index (Phi) is 6.90. The van der Waals surface area contributed by atoms with E-state index in [1.54, 1.807) is 0 Å². The van der Waals surface area contributed by atoms with E-state index in [9.17, 15) is 0 Å². The highest BCUT2D eigenvalue weighted by Gasteiger charge is 2.02. The molecule has 0 spiro atoms. The molecule has 1 aromatic rings. The van der Waals surface area contributed by atoms with E-state index in [0.717, 1.165) is 13.1 Å². The van der Waals surface area contributed by atoms with Crippen molar-refractivity contribution in [2.24, 2.45) is 5.73 Å². The van der Waals surface area contributed by atoms with Crippen LogP contribution in [0.4, 0.5) is 0 Å². The molecule has 96 valence electrons. The second-order valence-corrected chi connectivity index (χ2v) is 4.87. The molecule has 0 fully saturated rings. The van der Waals surface area contributed by atoms with E-state index in [1.807, 2.05) is 0 Å². The average Bonchev–Trinajstić information content (AvgIpc) is 2.32. The second-order valence-electron chi connectivity index (χ2n) is 4.87. The third-order valence-corrected chi connectivity index (χ3v) is 3.20. The molecule has 0 saturated heterocycles. The Hall–Kier alpha value is -0.860. The molecule has 0 radical (unpaired) electrons. The highest BCUT2D eigenvalue weighted by molar-refractivity contribution is 5.25. The van der Waals surface area contributed by atoms with Crippen LogP contribution in [0, 0.1) is 6.92 Å². The molecule has 0 bridgehead atoms. The summed E-state index contributed by atoms with van der Waals surface area (Å²) in [5.41, 5.74) is 8.31. The lowest BCUT2D eigenvalue weighted by molar-refractivity contribution is 0.316. The van der Waals surface area contributed by atoms with Gasteiger partial charge >= 0.3 is 0 Å². The highest BCUT2D eigenvalue weighted by Crippen LogP contribution is 2.10. The topological polar surface area (TPSA) is 29.3 Å². The minimum atomic E-state index is 0.832. The fraction of sp³-hybridized carbons (Fsp3) is 0.600. The predicted molar refractivity (Wildman–Crippen MR) is 75.0 cm³/mol. The lowest BCUT2D eigenvalue weighted by atomic mass is 10.1. The molecule has 0 atom stereocenters. The normalized spacial score (nSPS) is 11.1. The third-order valence-electron chi connectivity index (χ3n) is 3.20. The Morgan fingerprint density at radius 1 is 1.06 bits per heavy atom. The van der Waals surface area contributed by atoms with Crippen LogP contribution in [-0.4, -0.2) is 25.0 Å². The number of unbranched alkanes of at least 4 members (excludes halogenated alkanes) is 3. The molecular weight excluding hydrogens is 208 g/mol. The Morgan fingerprint density at radius 3 is 2.47 bits per heavy atom. The summed E-state index contributed by atoms with van der Waals surface area (Å²) in [7, 11) is 2.20. The minimum absolute atomic E-state index is 0.832. The molecule has 0 amide bonds. The first kappa shape index (κ1) is 14.2. The van der Waals surface area contributed by atoms with Gasteiger partial charge in [0.1, 0.15) is 0 Å². The molecule has 2 heteroatoms. The average molecular weight is 234 g/mol. The van der Waals surface area contributed by atoms with Crippen molar-refractivity contribution in [3.05, 3.63) is 35.4 Å². The van der Waals surface area contributed by atoms with E-state index in [0.29, 0.717) is 0 Å². The highest BCUT2D eigenvalue weighted by atomic mass is 15.1. The van der Waals surface area contributed by atoms with Gasteiger partial charge in [-0.3, -0.25) is 0 Å². The van der Waals surface area contributed by atoms with Crippen molar-refractivity contribution >= 4 is 0 Å². The van der Waals surface area contributed by atoms with Gasteiger partial charge in [-0.05, 0) is 51.0 Å². The summed E-state index contributed by atoms with van der Waals surface area (Å²) < 4.78 is 0. The van der Waals surface area contributed by atoms with Crippen LogP contribution in [0.25, 0.3) is 0 Å². The van der Waals surface area contributed by atoms with Crippen LogP contribution in [0.3, 0.4) is 0 Å². The van der Waals surface area contributed by atoms with Crippen LogP contribution in [0.5, 0.6) is 0 Å². The predicted octanol–water partition coefficient (Wildman–Crippen LogP) is 2.95. The van der Waals surface area contributed by atoms with Crippen LogP contribution < -0.4 is 5.73 Å². The first-order chi connectivity index (χ1) is 8.24. The number of hydrogen-bond donors (Lipinski definition) is 1. The molecule has 0 aliphatic carbocycles. The molecule has 1 rings (SSSR count). The van der Waals surface area contributed by atoms with Gasteiger partial charge in [0.15, 0.2) is 0 Å². The van der Waals surface area contributed by atoms with Gasteiger partial charge in [0.25, 0.3) is 0 Å². The molecule has 0 aliphatic heterocycles. The number of benzene rings is 1. The van der Waals surface area contributed by atoms with E-state index in [1.165, 1.54) is 43.4 Å². The molecular formula is C15H26N2. The van der Waals surface area contributed by atoms with E-state index >= 15 is 0 Å². The minimum Gasteiger partial charge on any atom is -0.330 e. The standard InChI is InChI=1S/C15H26N2/c1-14-9-5-6-10-15(14)13-17(2)12-8-4-3-7-11-16/h5-6,9-10H,3-4,7-8,11-13,16H2,1-2H3. The largest absolute Gasteiger partial charge is 0.330 e. The molecule has 2 nitrogen and oxygen atoms in total. The van der Waals surface area contributed by atoms with Crippen LogP contribution in [0.1, 0.15) is 36.8 Å². The number of rotatable bonds is 8. The maximum atomic E-state index is 5.48. The monoisotopic (exact) mass is 234 g/mol. The zero-order valence-corrected chi connectivity index (χ0v) is 11.3. The smallest absolute Gasteiger partial charge is 0.0233 e. The Bertz CT molecular complexity index is 310. The van der Waals surface area contributed by atoms with Crippen LogP contribution in [0.2, 0.25) is 0 Å². The van der Waals surface area contributed by atoms with E-state index < -0.39 is 0 Å². The maximum Gasteiger partial charge on any atom is 0.0233 e. The summed E-state index contributed by atoms with van der Waals surface area (Å²) in [6.45, 7) is 5.26. The summed E-state index contributed by atoms with van der Waals surface area (Å²) in [5.74, 6) is 0. The Morgan fingerprint density at radius 2 is 1.76 bits per heavy atom. The van der Waals surface area contributed by atoms with Crippen molar-refractivity contribution in [2.45, 2.75) is 39.2 Å².